The van der Waals surface area contributed by atoms with Gasteiger partial charge in [-0.2, -0.15) is 0 Å². The van der Waals surface area contributed by atoms with Gasteiger partial charge in [-0.05, 0) is 46.9 Å². The molecule has 0 unspecified atom stereocenters. The van der Waals surface area contributed by atoms with Gasteiger partial charge in [-0.25, -0.2) is 4.98 Å². The van der Waals surface area contributed by atoms with E-state index >= 15 is 0 Å². The summed E-state index contributed by atoms with van der Waals surface area (Å²) in [5, 5.41) is 3.05. The molecule has 0 spiro atoms. The van der Waals surface area contributed by atoms with Crippen molar-refractivity contribution in [3.05, 3.63) is 88.1 Å². The van der Waals surface area contributed by atoms with Crippen LogP contribution in [0.1, 0.15) is 10.4 Å². The first kappa shape index (κ1) is 15.8. The van der Waals surface area contributed by atoms with Crippen molar-refractivity contribution >= 4 is 40.0 Å². The van der Waals surface area contributed by atoms with Gasteiger partial charge in [0.05, 0.1) is 5.56 Å². The molecule has 0 radical (unpaired) electrons. The topological polar surface area (TPSA) is 46.4 Å². The molecule has 2 heterocycles. The highest BCUT2D eigenvalue weighted by molar-refractivity contribution is 14.1. The number of anilines is 1. The zero-order valence-electron chi connectivity index (χ0n) is 13.2. The number of amides is 1. The molecule has 25 heavy (non-hydrogen) atoms. The standard InChI is InChI=1S/C20H14IN3O/c21-16-11-5-4-10-15(16)20(25)23-19-18(14-8-2-1-3-9-14)22-17-12-6-7-13-24(17)19/h1-13H,(H,23,25). The SMILES string of the molecule is O=C(Nc1c(-c2ccccc2)nc2ccccn12)c1ccccc1I. The second kappa shape index (κ2) is 6.68. The van der Waals surface area contributed by atoms with Crippen LogP contribution in [-0.4, -0.2) is 15.3 Å². The number of pyridine rings is 1. The van der Waals surface area contributed by atoms with Crippen molar-refractivity contribution in [3.8, 4) is 11.3 Å². The molecule has 4 nitrogen and oxygen atoms in total. The number of imidazole rings is 1. The van der Waals surface area contributed by atoms with Crippen LogP contribution in [0, 0.1) is 3.57 Å². The molecule has 0 bridgehead atoms. The predicted octanol–water partition coefficient (Wildman–Crippen LogP) is 4.86. The lowest BCUT2D eigenvalue weighted by atomic mass is 10.1. The van der Waals surface area contributed by atoms with Gasteiger partial charge in [0.1, 0.15) is 17.2 Å². The molecule has 0 atom stereocenters. The number of halogens is 1. The number of aromatic nitrogens is 2. The smallest absolute Gasteiger partial charge is 0.257 e. The summed E-state index contributed by atoms with van der Waals surface area (Å²) in [5.41, 5.74) is 3.16. The second-order valence-electron chi connectivity index (χ2n) is 5.54. The molecule has 0 aliphatic carbocycles. The first-order valence-corrected chi connectivity index (χ1v) is 8.90. The Balaban J connectivity index is 1.83. The number of hydrogen-bond donors (Lipinski definition) is 1. The average Bonchev–Trinajstić information content (AvgIpc) is 3.01. The lowest BCUT2D eigenvalue weighted by Crippen LogP contribution is -2.15. The third-order valence-electron chi connectivity index (χ3n) is 3.93. The van der Waals surface area contributed by atoms with Crippen molar-refractivity contribution in [2.75, 3.05) is 5.32 Å². The third-order valence-corrected chi connectivity index (χ3v) is 4.87. The van der Waals surface area contributed by atoms with Crippen LogP contribution in [0.25, 0.3) is 16.9 Å². The molecule has 1 amide bonds. The molecule has 0 aliphatic heterocycles. The highest BCUT2D eigenvalue weighted by Crippen LogP contribution is 2.29. The largest absolute Gasteiger partial charge is 0.306 e. The Bertz CT molecular complexity index is 1060. The number of hydrogen-bond acceptors (Lipinski definition) is 2. The van der Waals surface area contributed by atoms with Crippen LogP contribution in [0.4, 0.5) is 5.82 Å². The number of nitrogens with one attached hydrogen (secondary N) is 1. The van der Waals surface area contributed by atoms with Crippen LogP contribution in [0.15, 0.2) is 79.0 Å². The van der Waals surface area contributed by atoms with Crippen LogP contribution >= 0.6 is 22.6 Å². The summed E-state index contributed by atoms with van der Waals surface area (Å²) in [6.07, 6.45) is 1.90. The quantitative estimate of drug-likeness (QED) is 0.464. The summed E-state index contributed by atoms with van der Waals surface area (Å²) in [6, 6.07) is 23.2. The van der Waals surface area contributed by atoms with Crippen LogP contribution in [0.5, 0.6) is 0 Å². The summed E-state index contributed by atoms with van der Waals surface area (Å²) in [5.74, 6) is 0.527. The Morgan fingerprint density at radius 1 is 0.920 bits per heavy atom. The lowest BCUT2D eigenvalue weighted by molar-refractivity contribution is 0.102. The van der Waals surface area contributed by atoms with Gasteiger partial charge in [-0.1, -0.05) is 48.5 Å². The first-order chi connectivity index (χ1) is 12.2. The van der Waals surface area contributed by atoms with Crippen LogP contribution in [0.2, 0.25) is 0 Å². The molecule has 2 aromatic heterocycles. The van der Waals surface area contributed by atoms with Gasteiger partial charge in [0.2, 0.25) is 0 Å². The fourth-order valence-corrected chi connectivity index (χ4v) is 3.37. The van der Waals surface area contributed by atoms with Gasteiger partial charge >= 0.3 is 0 Å². The highest BCUT2D eigenvalue weighted by Gasteiger charge is 2.18. The Hall–Kier alpha value is -2.67. The van der Waals surface area contributed by atoms with E-state index < -0.39 is 0 Å². The van der Waals surface area contributed by atoms with E-state index in [1.54, 1.807) is 0 Å². The summed E-state index contributed by atoms with van der Waals surface area (Å²) in [6.45, 7) is 0. The molecule has 0 fully saturated rings. The van der Waals surface area contributed by atoms with E-state index in [0.29, 0.717) is 11.4 Å². The van der Waals surface area contributed by atoms with Crippen LogP contribution in [0.3, 0.4) is 0 Å². The van der Waals surface area contributed by atoms with Gasteiger partial charge in [0.25, 0.3) is 5.91 Å². The molecule has 0 saturated heterocycles. The molecule has 5 heteroatoms. The van der Waals surface area contributed by atoms with Crippen molar-refractivity contribution in [3.63, 3.8) is 0 Å². The molecule has 0 aliphatic rings. The van der Waals surface area contributed by atoms with Crippen molar-refractivity contribution in [1.82, 2.24) is 9.38 Å². The zero-order chi connectivity index (χ0) is 17.2. The van der Waals surface area contributed by atoms with E-state index in [9.17, 15) is 4.79 Å². The zero-order valence-corrected chi connectivity index (χ0v) is 15.3. The minimum atomic E-state index is -0.146. The molecular weight excluding hydrogens is 425 g/mol. The fourth-order valence-electron chi connectivity index (χ4n) is 2.73. The van der Waals surface area contributed by atoms with Gasteiger partial charge in [-0.15, -0.1) is 0 Å². The Kier molecular flexibility index (Phi) is 4.23. The summed E-state index contributed by atoms with van der Waals surface area (Å²) >= 11 is 2.17. The molecule has 4 aromatic rings. The van der Waals surface area contributed by atoms with Gasteiger partial charge < -0.3 is 5.32 Å². The predicted molar refractivity (Wildman–Crippen MR) is 108 cm³/mol. The fraction of sp³-hybridized carbons (Fsp3) is 0. The van der Waals surface area contributed by atoms with E-state index in [0.717, 1.165) is 20.5 Å². The molecule has 1 N–H and O–H groups in total. The van der Waals surface area contributed by atoms with Gasteiger partial charge in [0.15, 0.2) is 0 Å². The minimum absolute atomic E-state index is 0.146. The van der Waals surface area contributed by atoms with Crippen LogP contribution < -0.4 is 5.32 Å². The normalized spacial score (nSPS) is 10.8. The number of carbonyl (C=O) groups is 1. The summed E-state index contributed by atoms with van der Waals surface area (Å²) in [7, 11) is 0. The van der Waals surface area contributed by atoms with E-state index in [2.05, 4.69) is 27.9 Å². The summed E-state index contributed by atoms with van der Waals surface area (Å²) < 4.78 is 2.81. The summed E-state index contributed by atoms with van der Waals surface area (Å²) in [4.78, 5) is 17.5. The van der Waals surface area contributed by atoms with Crippen molar-refractivity contribution in [2.45, 2.75) is 0 Å². The molecule has 4 rings (SSSR count). The van der Waals surface area contributed by atoms with Crippen molar-refractivity contribution < 1.29 is 4.79 Å². The van der Waals surface area contributed by atoms with Gasteiger partial charge in [-0.3, -0.25) is 9.20 Å². The number of rotatable bonds is 3. The van der Waals surface area contributed by atoms with E-state index in [1.165, 1.54) is 0 Å². The van der Waals surface area contributed by atoms with E-state index in [4.69, 9.17) is 4.98 Å². The average molecular weight is 439 g/mol. The number of benzene rings is 2. The molecule has 0 saturated carbocycles. The number of nitrogens with zero attached hydrogens (tertiary/aromatic N) is 2. The van der Waals surface area contributed by atoms with Gasteiger partial charge in [0, 0.05) is 15.3 Å². The molecular formula is C20H14IN3O. The number of carbonyl (C=O) groups excluding carboxylic acids is 1. The molecule has 2 aromatic carbocycles. The maximum Gasteiger partial charge on any atom is 0.257 e. The second-order valence-corrected chi connectivity index (χ2v) is 6.70. The van der Waals surface area contributed by atoms with Crippen molar-refractivity contribution in [1.29, 1.82) is 0 Å². The Labute approximate surface area is 158 Å². The molecule has 122 valence electrons. The minimum Gasteiger partial charge on any atom is -0.306 e. The Morgan fingerprint density at radius 2 is 1.64 bits per heavy atom. The number of fused-ring (bicyclic) bond motifs is 1. The van der Waals surface area contributed by atoms with E-state index in [-0.39, 0.29) is 5.91 Å². The first-order valence-electron chi connectivity index (χ1n) is 7.82. The van der Waals surface area contributed by atoms with E-state index in [1.807, 2.05) is 83.4 Å². The lowest BCUT2D eigenvalue weighted by Gasteiger charge is -2.09. The maximum absolute atomic E-state index is 12.8. The van der Waals surface area contributed by atoms with Crippen molar-refractivity contribution in [2.24, 2.45) is 0 Å². The Morgan fingerprint density at radius 3 is 2.44 bits per heavy atom. The third kappa shape index (κ3) is 3.02. The van der Waals surface area contributed by atoms with Crippen LogP contribution in [-0.2, 0) is 0 Å². The maximum atomic E-state index is 12.8. The highest BCUT2D eigenvalue weighted by atomic mass is 127. The monoisotopic (exact) mass is 439 g/mol.